The van der Waals surface area contributed by atoms with Crippen LogP contribution in [0.1, 0.15) is 13.3 Å². The maximum absolute atomic E-state index is 12.3. The summed E-state index contributed by atoms with van der Waals surface area (Å²) in [6, 6.07) is 1.70. The second kappa shape index (κ2) is 9.77. The summed E-state index contributed by atoms with van der Waals surface area (Å²) in [7, 11) is 0. The van der Waals surface area contributed by atoms with E-state index in [0.29, 0.717) is 45.7 Å². The second-order valence-electron chi connectivity index (χ2n) is 6.43. The fraction of sp³-hybridized carbons (Fsp3) is 0.750. The Morgan fingerprint density at radius 2 is 2.04 bits per heavy atom. The Labute approximate surface area is 151 Å². The third kappa shape index (κ3) is 7.61. The van der Waals surface area contributed by atoms with Gasteiger partial charge in [-0.1, -0.05) is 0 Å². The number of hydrogen-bond acceptors (Lipinski definition) is 4. The monoisotopic (exact) mass is 377 g/mol. The molecule has 2 rings (SSSR count). The Balaban J connectivity index is 1.58. The van der Waals surface area contributed by atoms with Gasteiger partial charge in [0.2, 0.25) is 0 Å². The minimum atomic E-state index is -4.27. The summed E-state index contributed by atoms with van der Waals surface area (Å²) in [6.45, 7) is 4.72. The van der Waals surface area contributed by atoms with Crippen LogP contribution < -0.4 is 5.32 Å². The number of urea groups is 1. The molecule has 7 nitrogen and oxygen atoms in total. The van der Waals surface area contributed by atoms with E-state index in [2.05, 4.69) is 20.1 Å². The van der Waals surface area contributed by atoms with E-state index in [9.17, 15) is 18.0 Å². The van der Waals surface area contributed by atoms with Crippen molar-refractivity contribution in [1.82, 2.24) is 24.9 Å². The quantitative estimate of drug-likeness (QED) is 0.699. The number of hydrogen-bond donors (Lipinski definition) is 1. The number of nitrogens with one attached hydrogen (secondary N) is 1. The lowest BCUT2D eigenvalue weighted by molar-refractivity contribution is -0.174. The molecule has 1 saturated heterocycles. The van der Waals surface area contributed by atoms with Crippen molar-refractivity contribution in [3.8, 4) is 0 Å². The topological polar surface area (TPSA) is 62.6 Å². The zero-order valence-electron chi connectivity index (χ0n) is 14.9. The van der Waals surface area contributed by atoms with E-state index in [1.807, 2.05) is 19.2 Å². The first-order valence-corrected chi connectivity index (χ1v) is 8.73. The molecule has 26 heavy (non-hydrogen) atoms. The molecule has 1 aromatic rings. The van der Waals surface area contributed by atoms with Crippen molar-refractivity contribution >= 4 is 6.03 Å². The van der Waals surface area contributed by atoms with Gasteiger partial charge in [-0.05, 0) is 19.4 Å². The number of halogens is 3. The number of rotatable bonds is 8. The van der Waals surface area contributed by atoms with Crippen molar-refractivity contribution in [3.05, 3.63) is 18.5 Å². The molecule has 1 N–H and O–H groups in total. The lowest BCUT2D eigenvalue weighted by Gasteiger charge is -2.35. The van der Waals surface area contributed by atoms with Gasteiger partial charge in [0.05, 0.1) is 6.54 Å². The number of nitrogens with zero attached hydrogens (tertiary/aromatic N) is 4. The molecule has 1 unspecified atom stereocenters. The van der Waals surface area contributed by atoms with Crippen molar-refractivity contribution in [1.29, 1.82) is 0 Å². The van der Waals surface area contributed by atoms with Gasteiger partial charge in [0, 0.05) is 57.8 Å². The van der Waals surface area contributed by atoms with Gasteiger partial charge in [-0.3, -0.25) is 9.58 Å². The second-order valence-corrected chi connectivity index (χ2v) is 6.43. The maximum atomic E-state index is 12.3. The summed E-state index contributed by atoms with van der Waals surface area (Å²) in [5.41, 5.74) is 0. The molecule has 0 spiro atoms. The van der Waals surface area contributed by atoms with Gasteiger partial charge in [0.25, 0.3) is 0 Å². The van der Waals surface area contributed by atoms with E-state index in [0.717, 1.165) is 0 Å². The van der Waals surface area contributed by atoms with Crippen LogP contribution in [-0.2, 0) is 11.3 Å². The highest BCUT2D eigenvalue weighted by Gasteiger charge is 2.27. The van der Waals surface area contributed by atoms with Crippen LogP contribution in [-0.4, -0.2) is 83.8 Å². The minimum Gasteiger partial charge on any atom is -0.372 e. The number of piperazine rings is 1. The highest BCUT2D eigenvalue weighted by molar-refractivity contribution is 5.74. The largest absolute Gasteiger partial charge is 0.411 e. The van der Waals surface area contributed by atoms with Crippen LogP contribution in [0.4, 0.5) is 18.0 Å². The van der Waals surface area contributed by atoms with Crippen molar-refractivity contribution < 1.29 is 22.7 Å². The molecule has 0 radical (unpaired) electrons. The van der Waals surface area contributed by atoms with E-state index in [1.54, 1.807) is 15.8 Å². The fourth-order valence-corrected chi connectivity index (χ4v) is 2.79. The van der Waals surface area contributed by atoms with Gasteiger partial charge in [0.1, 0.15) is 6.61 Å². The molecule has 148 valence electrons. The molecular weight excluding hydrogens is 351 g/mol. The maximum Gasteiger partial charge on any atom is 0.411 e. The predicted molar refractivity (Wildman–Crippen MR) is 89.7 cm³/mol. The van der Waals surface area contributed by atoms with E-state index in [4.69, 9.17) is 0 Å². The Hall–Kier alpha value is -1.81. The Morgan fingerprint density at radius 3 is 2.65 bits per heavy atom. The van der Waals surface area contributed by atoms with Gasteiger partial charge >= 0.3 is 12.2 Å². The van der Waals surface area contributed by atoms with Crippen LogP contribution in [0.25, 0.3) is 0 Å². The lowest BCUT2D eigenvalue weighted by atomic mass is 10.3. The van der Waals surface area contributed by atoms with Gasteiger partial charge in [-0.15, -0.1) is 0 Å². The molecule has 10 heteroatoms. The van der Waals surface area contributed by atoms with Gasteiger partial charge in [0.15, 0.2) is 0 Å². The van der Waals surface area contributed by atoms with E-state index >= 15 is 0 Å². The number of carbonyl (C=O) groups excluding carboxylic acids is 1. The average Bonchev–Trinajstić information content (AvgIpc) is 3.06. The number of aromatic nitrogens is 2. The molecule has 0 aromatic carbocycles. The molecule has 1 fully saturated rings. The number of ether oxygens (including phenoxy) is 1. The van der Waals surface area contributed by atoms with Crippen LogP contribution in [0.15, 0.2) is 18.5 Å². The van der Waals surface area contributed by atoms with E-state index in [1.165, 1.54) is 0 Å². The average molecular weight is 377 g/mol. The third-order valence-electron chi connectivity index (χ3n) is 4.08. The van der Waals surface area contributed by atoms with Crippen LogP contribution >= 0.6 is 0 Å². The van der Waals surface area contributed by atoms with Gasteiger partial charge in [-0.25, -0.2) is 4.79 Å². The van der Waals surface area contributed by atoms with E-state index in [-0.39, 0.29) is 18.7 Å². The zero-order valence-corrected chi connectivity index (χ0v) is 14.9. The Morgan fingerprint density at radius 1 is 1.31 bits per heavy atom. The van der Waals surface area contributed by atoms with Crippen LogP contribution in [0, 0.1) is 0 Å². The summed E-state index contributed by atoms with van der Waals surface area (Å²) in [4.78, 5) is 16.2. The number of amides is 2. The molecule has 2 heterocycles. The van der Waals surface area contributed by atoms with Crippen LogP contribution in [0.5, 0.6) is 0 Å². The molecule has 1 aliphatic heterocycles. The molecule has 2 amide bonds. The lowest BCUT2D eigenvalue weighted by Crippen LogP contribution is -2.53. The van der Waals surface area contributed by atoms with Crippen molar-refractivity contribution in [2.75, 3.05) is 45.9 Å². The highest BCUT2D eigenvalue weighted by atomic mass is 19.4. The van der Waals surface area contributed by atoms with Crippen molar-refractivity contribution in [2.45, 2.75) is 32.1 Å². The van der Waals surface area contributed by atoms with E-state index < -0.39 is 12.8 Å². The summed E-state index contributed by atoms with van der Waals surface area (Å²) in [5, 5.41) is 7.07. The molecule has 0 aliphatic carbocycles. The van der Waals surface area contributed by atoms with Crippen molar-refractivity contribution in [2.24, 2.45) is 0 Å². The summed E-state index contributed by atoms with van der Waals surface area (Å²) >= 11 is 0. The Bertz CT molecular complexity index is 530. The third-order valence-corrected chi connectivity index (χ3v) is 4.08. The Kier molecular flexibility index (Phi) is 7.70. The number of carbonyl (C=O) groups is 1. The normalized spacial score (nSPS) is 17.3. The first-order chi connectivity index (χ1) is 12.3. The zero-order chi connectivity index (χ0) is 19.0. The summed E-state index contributed by atoms with van der Waals surface area (Å²) in [5.74, 6) is 0. The molecule has 0 saturated carbocycles. The fourth-order valence-electron chi connectivity index (χ4n) is 2.79. The van der Waals surface area contributed by atoms with Gasteiger partial charge < -0.3 is 15.0 Å². The molecule has 0 bridgehead atoms. The SMILES string of the molecule is CC(Cn1cccn1)NC(=O)N1CCN(CCCOCC(F)(F)F)CC1. The summed E-state index contributed by atoms with van der Waals surface area (Å²) in [6.07, 6.45) is -0.182. The summed E-state index contributed by atoms with van der Waals surface area (Å²) < 4.78 is 42.3. The first-order valence-electron chi connectivity index (χ1n) is 8.73. The van der Waals surface area contributed by atoms with Gasteiger partial charge in [-0.2, -0.15) is 18.3 Å². The highest BCUT2D eigenvalue weighted by Crippen LogP contribution is 2.14. The molecule has 1 aliphatic rings. The predicted octanol–water partition coefficient (Wildman–Crippen LogP) is 1.57. The van der Waals surface area contributed by atoms with Crippen LogP contribution in [0.2, 0.25) is 0 Å². The standard InChI is InChI=1S/C16H26F3N5O2/c1-14(12-24-6-2-4-20-24)21-15(25)23-9-7-22(8-10-23)5-3-11-26-13-16(17,18)19/h2,4,6,14H,3,5,7-13H2,1H3,(H,21,25). The smallest absolute Gasteiger partial charge is 0.372 e. The first kappa shape index (κ1) is 20.5. The van der Waals surface area contributed by atoms with Crippen molar-refractivity contribution in [3.63, 3.8) is 0 Å². The minimum absolute atomic E-state index is 0.0359. The molecule has 1 aromatic heterocycles. The van der Waals surface area contributed by atoms with Crippen LogP contribution in [0.3, 0.4) is 0 Å². The molecule has 1 atom stereocenters. The number of alkyl halides is 3. The molecular formula is C16H26F3N5O2.